The smallest absolute Gasteiger partial charge is 0.251 e. The number of amides is 1. The summed E-state index contributed by atoms with van der Waals surface area (Å²) in [5, 5.41) is 9.26. The Morgan fingerprint density at radius 3 is 2.64 bits per heavy atom. The van der Waals surface area contributed by atoms with Gasteiger partial charge in [-0.2, -0.15) is 5.10 Å². The van der Waals surface area contributed by atoms with Crippen molar-refractivity contribution in [1.29, 1.82) is 0 Å². The summed E-state index contributed by atoms with van der Waals surface area (Å²) in [6.07, 6.45) is 8.05. The molecule has 5 aliphatic rings. The second-order valence-corrected chi connectivity index (χ2v) is 14.4. The molecule has 4 aliphatic carbocycles. The van der Waals surface area contributed by atoms with Crippen LogP contribution < -0.4 is 10.1 Å². The highest BCUT2D eigenvalue weighted by Crippen LogP contribution is 2.68. The monoisotopic (exact) mass is 596 g/mol. The molecule has 7 heteroatoms. The molecule has 45 heavy (non-hydrogen) atoms. The first-order valence-corrected chi connectivity index (χ1v) is 16.6. The molecule has 4 heterocycles. The number of rotatable bonds is 7. The van der Waals surface area contributed by atoms with Gasteiger partial charge in [0, 0.05) is 52.8 Å². The summed E-state index contributed by atoms with van der Waals surface area (Å²) in [5.74, 6) is 4.82. The molecule has 4 fully saturated rings. The van der Waals surface area contributed by atoms with Crippen molar-refractivity contribution in [3.8, 4) is 28.3 Å². The summed E-state index contributed by atoms with van der Waals surface area (Å²) >= 11 is 0. The standard InChI is InChI=1S/C38H36N4O3/c1-19-35(40-42-18-27(15-33(45-2)36(19)42)37(43)30-12-26-9-25-11-29(30)34(25)26)32-14-23-7-5-22(13-31(23)41(32)17-20-3-4-20)21-6-8-24-16-39-38(44)28(24)10-21/h5-8,10,13-15,18,20,25-26,29-30,34H,3-4,9,11-12,16-17H2,1-2H3,(H,39,44)/t25?,26?,29?,30?,34-/m1/s1. The van der Waals surface area contributed by atoms with Crippen LogP contribution in [0.1, 0.15) is 63.9 Å². The fourth-order valence-electron chi connectivity index (χ4n) is 9.46. The van der Waals surface area contributed by atoms with E-state index in [4.69, 9.17) is 9.84 Å². The number of pyridine rings is 1. The van der Waals surface area contributed by atoms with Gasteiger partial charge < -0.3 is 14.6 Å². The van der Waals surface area contributed by atoms with Gasteiger partial charge in [-0.25, -0.2) is 4.52 Å². The predicted molar refractivity (Wildman–Crippen MR) is 172 cm³/mol. The number of ether oxygens (including phenoxy) is 1. The predicted octanol–water partition coefficient (Wildman–Crippen LogP) is 7.07. The molecule has 4 unspecified atom stereocenters. The van der Waals surface area contributed by atoms with Gasteiger partial charge in [0.1, 0.15) is 17.0 Å². The van der Waals surface area contributed by atoms with Crippen LogP contribution in [0, 0.1) is 42.4 Å². The Bertz CT molecular complexity index is 2120. The first-order valence-electron chi connectivity index (χ1n) is 16.6. The van der Waals surface area contributed by atoms with Crippen LogP contribution in [-0.4, -0.2) is 33.0 Å². The molecule has 5 aromatic rings. The van der Waals surface area contributed by atoms with E-state index in [9.17, 15) is 9.59 Å². The molecular formula is C38H36N4O3. The molecule has 2 aromatic carbocycles. The zero-order valence-electron chi connectivity index (χ0n) is 25.7. The summed E-state index contributed by atoms with van der Waals surface area (Å²) in [4.78, 5) is 26.3. The van der Waals surface area contributed by atoms with Crippen molar-refractivity contribution in [2.45, 2.75) is 52.1 Å². The molecule has 226 valence electrons. The van der Waals surface area contributed by atoms with Crippen molar-refractivity contribution in [2.75, 3.05) is 7.11 Å². The van der Waals surface area contributed by atoms with Gasteiger partial charge in [0.25, 0.3) is 5.91 Å². The van der Waals surface area contributed by atoms with Gasteiger partial charge in [-0.15, -0.1) is 0 Å². The minimum Gasteiger partial charge on any atom is -0.494 e. The quantitative estimate of drug-likeness (QED) is 0.204. The number of methoxy groups -OCH3 is 1. The Labute approximate surface area is 261 Å². The van der Waals surface area contributed by atoms with Gasteiger partial charge >= 0.3 is 0 Å². The number of ketones is 1. The summed E-state index contributed by atoms with van der Waals surface area (Å²) < 4.78 is 10.3. The van der Waals surface area contributed by atoms with Gasteiger partial charge in [0.15, 0.2) is 5.78 Å². The molecule has 5 atom stereocenters. The third-order valence-electron chi connectivity index (χ3n) is 12.0. The molecular weight excluding hydrogens is 560 g/mol. The molecule has 4 saturated carbocycles. The second kappa shape index (κ2) is 9.09. The summed E-state index contributed by atoms with van der Waals surface area (Å²) in [6, 6.07) is 17.0. The molecule has 1 aliphatic heterocycles. The van der Waals surface area contributed by atoms with E-state index in [0.29, 0.717) is 29.7 Å². The minimum atomic E-state index is 0.00181. The number of hydrogen-bond donors (Lipinski definition) is 1. The topological polar surface area (TPSA) is 77.6 Å². The van der Waals surface area contributed by atoms with Crippen molar-refractivity contribution >= 4 is 28.1 Å². The highest BCUT2D eigenvalue weighted by molar-refractivity contribution is 6.01. The number of benzene rings is 2. The minimum absolute atomic E-state index is 0.00181. The van der Waals surface area contributed by atoms with Crippen LogP contribution in [-0.2, 0) is 13.1 Å². The average molecular weight is 597 g/mol. The molecule has 3 aromatic heterocycles. The Kier molecular flexibility index (Phi) is 5.23. The van der Waals surface area contributed by atoms with Crippen LogP contribution in [0.4, 0.5) is 0 Å². The molecule has 1 amide bonds. The van der Waals surface area contributed by atoms with E-state index >= 15 is 0 Å². The fourth-order valence-corrected chi connectivity index (χ4v) is 9.46. The third kappa shape index (κ3) is 3.67. The van der Waals surface area contributed by atoms with Gasteiger partial charge in [-0.05, 0) is 110 Å². The number of aryl methyl sites for hydroxylation is 1. The second-order valence-electron chi connectivity index (χ2n) is 14.4. The lowest BCUT2D eigenvalue weighted by molar-refractivity contribution is -0.0459. The Balaban J connectivity index is 1.08. The SMILES string of the molecule is COc1cc(C(=O)C2CC3CC4CC2[C@@H]34)cn2nc(-c3cc4ccc(-c5ccc6c(c5)C(=O)NC6)cc4n3CC3CC3)c(C)c12. The normalized spacial score (nSPS) is 26.0. The number of fused-ring (bicyclic) bond motifs is 3. The number of Topliss-reactive ketones (excluding diaryl/α,β-unsaturated/α-hetero) is 1. The maximum atomic E-state index is 13.9. The highest BCUT2D eigenvalue weighted by Gasteiger charge is 2.62. The van der Waals surface area contributed by atoms with Crippen LogP contribution in [0.5, 0.6) is 5.75 Å². The van der Waals surface area contributed by atoms with Crippen LogP contribution in [0.25, 0.3) is 38.9 Å². The number of nitrogens with zero attached hydrogens (tertiary/aromatic N) is 3. The lowest BCUT2D eigenvalue weighted by Crippen LogP contribution is -2.47. The van der Waals surface area contributed by atoms with Crippen LogP contribution in [0.3, 0.4) is 0 Å². The summed E-state index contributed by atoms with van der Waals surface area (Å²) in [5.41, 5.74) is 9.84. The maximum Gasteiger partial charge on any atom is 0.251 e. The van der Waals surface area contributed by atoms with E-state index in [-0.39, 0.29) is 17.6 Å². The number of aromatic nitrogens is 3. The molecule has 1 N–H and O–H groups in total. The number of nitrogens with one attached hydrogen (secondary N) is 1. The number of hydrogen-bond acceptors (Lipinski definition) is 4. The van der Waals surface area contributed by atoms with Gasteiger partial charge in [-0.1, -0.05) is 24.3 Å². The van der Waals surface area contributed by atoms with E-state index in [1.807, 2.05) is 22.8 Å². The zero-order valence-corrected chi connectivity index (χ0v) is 25.7. The van der Waals surface area contributed by atoms with Crippen molar-refractivity contribution in [2.24, 2.45) is 35.5 Å². The fraction of sp³-hybridized carbons (Fsp3) is 0.395. The lowest BCUT2D eigenvalue weighted by Gasteiger charge is -2.53. The van der Waals surface area contributed by atoms with E-state index < -0.39 is 0 Å². The first-order chi connectivity index (χ1) is 21.9. The van der Waals surface area contributed by atoms with Gasteiger partial charge in [0.2, 0.25) is 0 Å². The summed E-state index contributed by atoms with van der Waals surface area (Å²) in [6.45, 7) is 3.66. The highest BCUT2D eigenvalue weighted by atomic mass is 16.5. The summed E-state index contributed by atoms with van der Waals surface area (Å²) in [7, 11) is 1.69. The van der Waals surface area contributed by atoms with E-state index in [2.05, 4.69) is 53.2 Å². The van der Waals surface area contributed by atoms with Gasteiger partial charge in [0.05, 0.1) is 12.8 Å². The van der Waals surface area contributed by atoms with Crippen molar-refractivity contribution in [3.05, 3.63) is 77.0 Å². The molecule has 0 radical (unpaired) electrons. The van der Waals surface area contributed by atoms with Crippen molar-refractivity contribution in [1.82, 2.24) is 19.5 Å². The molecule has 10 rings (SSSR count). The Morgan fingerprint density at radius 1 is 1.02 bits per heavy atom. The van der Waals surface area contributed by atoms with Crippen LogP contribution >= 0.6 is 0 Å². The van der Waals surface area contributed by atoms with E-state index in [0.717, 1.165) is 75.4 Å². The number of carbonyl (C=O) groups excluding carboxylic acids is 2. The van der Waals surface area contributed by atoms with Crippen LogP contribution in [0.2, 0.25) is 0 Å². The van der Waals surface area contributed by atoms with Crippen molar-refractivity contribution < 1.29 is 14.3 Å². The average Bonchev–Trinajstić information content (AvgIpc) is 3.57. The van der Waals surface area contributed by atoms with E-state index in [1.54, 1.807) is 7.11 Å². The first kappa shape index (κ1) is 25.9. The van der Waals surface area contributed by atoms with Gasteiger partial charge in [-0.3, -0.25) is 9.59 Å². The molecule has 7 nitrogen and oxygen atoms in total. The maximum absolute atomic E-state index is 13.9. The largest absolute Gasteiger partial charge is 0.494 e. The van der Waals surface area contributed by atoms with E-state index in [1.165, 1.54) is 36.6 Å². The molecule has 0 bridgehead atoms. The third-order valence-corrected chi connectivity index (χ3v) is 12.0. The van der Waals surface area contributed by atoms with Crippen LogP contribution in [0.15, 0.2) is 54.7 Å². The zero-order chi connectivity index (χ0) is 30.1. The number of carbonyl (C=O) groups is 2. The molecule has 0 saturated heterocycles. The lowest BCUT2D eigenvalue weighted by atomic mass is 9.51. The Morgan fingerprint density at radius 2 is 1.84 bits per heavy atom. The van der Waals surface area contributed by atoms with Crippen molar-refractivity contribution in [3.63, 3.8) is 0 Å². The Hall–Kier alpha value is -4.39. The molecule has 0 spiro atoms.